The number of hydrogen-bond donors (Lipinski definition) is 2. The lowest BCUT2D eigenvalue weighted by Crippen LogP contribution is -2.36. The van der Waals surface area contributed by atoms with Crippen LogP contribution in [0.15, 0.2) is 75.9 Å². The topological polar surface area (TPSA) is 129 Å². The van der Waals surface area contributed by atoms with Crippen molar-refractivity contribution in [1.82, 2.24) is 15.2 Å². The van der Waals surface area contributed by atoms with Crippen LogP contribution in [-0.4, -0.2) is 49.6 Å². The molecule has 2 amide bonds. The first-order valence-electron chi connectivity index (χ1n) is 13.8. The van der Waals surface area contributed by atoms with E-state index in [2.05, 4.69) is 10.6 Å². The summed E-state index contributed by atoms with van der Waals surface area (Å²) in [6.07, 6.45) is -0.0237. The Labute approximate surface area is 257 Å². The van der Waals surface area contributed by atoms with E-state index < -0.39 is 5.63 Å². The molecule has 2 N–H and O–H groups in total. The first-order valence-corrected chi connectivity index (χ1v) is 14.2. The summed E-state index contributed by atoms with van der Waals surface area (Å²) in [4.78, 5) is 51.2. The molecule has 0 unspecified atom stereocenters. The number of halogens is 1. The van der Waals surface area contributed by atoms with Crippen LogP contribution < -0.4 is 25.7 Å². The number of ether oxygens (including phenoxy) is 2. The Morgan fingerprint density at radius 1 is 0.818 bits per heavy atom. The van der Waals surface area contributed by atoms with Gasteiger partial charge in [0.15, 0.2) is 0 Å². The fraction of sp³-hybridized carbons (Fsp3) is 0.212. The van der Waals surface area contributed by atoms with E-state index in [-0.39, 0.29) is 43.7 Å². The van der Waals surface area contributed by atoms with Crippen LogP contribution in [0.25, 0.3) is 21.9 Å². The van der Waals surface area contributed by atoms with Crippen molar-refractivity contribution in [1.29, 1.82) is 0 Å². The molecule has 3 aromatic carbocycles. The third-order valence-corrected chi connectivity index (χ3v) is 7.58. The number of carbonyl (C=O) groups is 3. The van der Waals surface area contributed by atoms with Crippen LogP contribution in [0.2, 0.25) is 5.02 Å². The summed E-state index contributed by atoms with van der Waals surface area (Å²) in [5.74, 6) is 0.301. The largest absolute Gasteiger partial charge is 0.497 e. The fourth-order valence-corrected chi connectivity index (χ4v) is 5.27. The van der Waals surface area contributed by atoms with E-state index in [1.807, 2.05) is 0 Å². The second kappa shape index (κ2) is 13.0. The van der Waals surface area contributed by atoms with Crippen LogP contribution in [0, 0.1) is 6.92 Å². The van der Waals surface area contributed by atoms with E-state index in [1.165, 1.54) is 13.2 Å². The number of fused-ring (bicyclic) bond motifs is 2. The average Bonchev–Trinajstić information content (AvgIpc) is 3.28. The van der Waals surface area contributed by atoms with Gasteiger partial charge in [-0.15, -0.1) is 0 Å². The quantitative estimate of drug-likeness (QED) is 0.176. The van der Waals surface area contributed by atoms with Crippen molar-refractivity contribution in [3.63, 3.8) is 0 Å². The van der Waals surface area contributed by atoms with Crippen LogP contribution in [0.4, 0.5) is 0 Å². The standard InChI is InChI=1S/C33H30ClN3O7/c1-19-26(27-16-23(42-2)9-11-28(27)37(19)33(41)20-4-6-22(34)7-5-20)18-31(39)36-13-12-35-30(38)14-21-15-32(40)44-29-17-24(43-3)8-10-25(21)29/h4-11,15-17H,12-14,18H2,1-3H3,(H,35,38)(H,36,39). The Balaban J connectivity index is 1.24. The van der Waals surface area contributed by atoms with E-state index >= 15 is 0 Å². The molecule has 0 saturated carbocycles. The van der Waals surface area contributed by atoms with Gasteiger partial charge in [0.1, 0.15) is 17.1 Å². The molecular formula is C33H30ClN3O7. The highest BCUT2D eigenvalue weighted by Gasteiger charge is 2.22. The van der Waals surface area contributed by atoms with E-state index in [0.29, 0.717) is 55.4 Å². The predicted octanol–water partition coefficient (Wildman–Crippen LogP) is 4.43. The number of hydrogen-bond acceptors (Lipinski definition) is 7. The highest BCUT2D eigenvalue weighted by molar-refractivity contribution is 6.30. The summed E-state index contributed by atoms with van der Waals surface area (Å²) in [7, 11) is 3.06. The number of benzene rings is 3. The van der Waals surface area contributed by atoms with Crippen molar-refractivity contribution >= 4 is 51.2 Å². The minimum absolute atomic E-state index is 0.0135. The minimum atomic E-state index is -0.565. The van der Waals surface area contributed by atoms with E-state index in [1.54, 1.807) is 79.3 Å². The van der Waals surface area contributed by atoms with Crippen molar-refractivity contribution in [2.75, 3.05) is 27.3 Å². The summed E-state index contributed by atoms with van der Waals surface area (Å²) in [6, 6.07) is 18.3. The van der Waals surface area contributed by atoms with Gasteiger partial charge >= 0.3 is 5.63 Å². The molecule has 0 spiro atoms. The number of rotatable bonds is 10. The maximum atomic E-state index is 13.5. The Bertz CT molecular complexity index is 1940. The summed E-state index contributed by atoms with van der Waals surface area (Å²) in [5, 5.41) is 7.48. The molecule has 0 fully saturated rings. The SMILES string of the molecule is COc1ccc2c(CC(=O)NCCNC(=O)Cc3c(C)n(C(=O)c4ccc(Cl)cc4)c4ccc(OC)cc34)cc(=O)oc2c1. The number of aromatic nitrogens is 1. The maximum absolute atomic E-state index is 13.5. The molecule has 0 bridgehead atoms. The second-order valence-electron chi connectivity index (χ2n) is 10.1. The summed E-state index contributed by atoms with van der Waals surface area (Å²) < 4.78 is 17.4. The average molecular weight is 616 g/mol. The molecule has 0 saturated heterocycles. The molecule has 0 aliphatic carbocycles. The molecule has 0 aliphatic rings. The highest BCUT2D eigenvalue weighted by Crippen LogP contribution is 2.31. The minimum Gasteiger partial charge on any atom is -0.497 e. The van der Waals surface area contributed by atoms with Gasteiger partial charge in [0.25, 0.3) is 5.91 Å². The zero-order valence-electron chi connectivity index (χ0n) is 24.4. The number of nitrogens with zero attached hydrogens (tertiary/aromatic N) is 1. The Morgan fingerprint density at radius 3 is 2.14 bits per heavy atom. The van der Waals surface area contributed by atoms with Gasteiger partial charge in [0.05, 0.1) is 32.6 Å². The van der Waals surface area contributed by atoms with Crippen LogP contribution in [0.3, 0.4) is 0 Å². The number of nitrogens with one attached hydrogen (secondary N) is 2. The molecule has 5 rings (SSSR count). The van der Waals surface area contributed by atoms with Crippen molar-refractivity contribution in [2.45, 2.75) is 19.8 Å². The summed E-state index contributed by atoms with van der Waals surface area (Å²) >= 11 is 6.01. The van der Waals surface area contributed by atoms with Gasteiger partial charge in [-0.05, 0) is 72.6 Å². The summed E-state index contributed by atoms with van der Waals surface area (Å²) in [6.45, 7) is 2.17. The first-order chi connectivity index (χ1) is 21.2. The highest BCUT2D eigenvalue weighted by atomic mass is 35.5. The van der Waals surface area contributed by atoms with Gasteiger partial charge in [0, 0.05) is 52.3 Å². The molecule has 2 aromatic heterocycles. The van der Waals surface area contributed by atoms with E-state index in [9.17, 15) is 19.2 Å². The number of amides is 2. The molecule has 10 nitrogen and oxygen atoms in total. The molecule has 0 atom stereocenters. The van der Waals surface area contributed by atoms with Crippen LogP contribution in [0.5, 0.6) is 11.5 Å². The van der Waals surface area contributed by atoms with Gasteiger partial charge in [-0.1, -0.05) is 11.6 Å². The Hall–Kier alpha value is -5.09. The van der Waals surface area contributed by atoms with Crippen LogP contribution in [0.1, 0.15) is 27.2 Å². The van der Waals surface area contributed by atoms with Crippen LogP contribution in [-0.2, 0) is 22.4 Å². The van der Waals surface area contributed by atoms with Gasteiger partial charge in [-0.3, -0.25) is 19.0 Å². The zero-order chi connectivity index (χ0) is 31.4. The Kier molecular flexibility index (Phi) is 9.01. The van der Waals surface area contributed by atoms with Gasteiger partial charge in [-0.25, -0.2) is 4.79 Å². The lowest BCUT2D eigenvalue weighted by Gasteiger charge is -2.10. The molecule has 2 heterocycles. The van der Waals surface area contributed by atoms with E-state index in [0.717, 1.165) is 5.39 Å². The van der Waals surface area contributed by atoms with E-state index in [4.69, 9.17) is 25.5 Å². The van der Waals surface area contributed by atoms with Gasteiger partial charge in [-0.2, -0.15) is 0 Å². The molecule has 0 aliphatic heterocycles. The molecule has 0 radical (unpaired) electrons. The lowest BCUT2D eigenvalue weighted by molar-refractivity contribution is -0.122. The normalized spacial score (nSPS) is 11.0. The second-order valence-corrected chi connectivity index (χ2v) is 10.5. The number of methoxy groups -OCH3 is 2. The third-order valence-electron chi connectivity index (χ3n) is 7.33. The fourth-order valence-electron chi connectivity index (χ4n) is 5.14. The third kappa shape index (κ3) is 6.45. The molecule has 11 heteroatoms. The number of carbonyl (C=O) groups excluding carboxylic acids is 3. The molecular weight excluding hydrogens is 586 g/mol. The monoisotopic (exact) mass is 615 g/mol. The maximum Gasteiger partial charge on any atom is 0.336 e. The molecule has 5 aromatic rings. The predicted molar refractivity (Wildman–Crippen MR) is 167 cm³/mol. The summed E-state index contributed by atoms with van der Waals surface area (Å²) in [5.41, 5.74) is 2.72. The molecule has 44 heavy (non-hydrogen) atoms. The van der Waals surface area contributed by atoms with Crippen LogP contribution >= 0.6 is 11.6 Å². The Morgan fingerprint density at radius 2 is 1.45 bits per heavy atom. The van der Waals surface area contributed by atoms with Crippen molar-refractivity contribution < 1.29 is 28.3 Å². The van der Waals surface area contributed by atoms with Crippen molar-refractivity contribution in [2.24, 2.45) is 0 Å². The zero-order valence-corrected chi connectivity index (χ0v) is 25.1. The van der Waals surface area contributed by atoms with Gasteiger partial charge in [0.2, 0.25) is 11.8 Å². The smallest absolute Gasteiger partial charge is 0.336 e. The molecule has 226 valence electrons. The van der Waals surface area contributed by atoms with Gasteiger partial charge < -0.3 is 24.5 Å². The first kappa shape index (κ1) is 30.4. The van der Waals surface area contributed by atoms with Crippen molar-refractivity contribution in [3.05, 3.63) is 105 Å². The van der Waals surface area contributed by atoms with Crippen molar-refractivity contribution in [3.8, 4) is 11.5 Å². The lowest BCUT2D eigenvalue weighted by atomic mass is 10.1.